The van der Waals surface area contributed by atoms with Gasteiger partial charge in [-0.3, -0.25) is 0 Å². The molecule has 0 amide bonds. The topological polar surface area (TPSA) is 35.8 Å². The highest BCUT2D eigenvalue weighted by atomic mass is 14.9. The van der Waals surface area contributed by atoms with E-state index in [-0.39, 0.29) is 0 Å². The molecule has 0 rings (SSSR count). The van der Waals surface area contributed by atoms with Crippen LogP contribution in [0.25, 0.3) is 0 Å². The largest absolute Gasteiger partial charge is 0.313 e. The van der Waals surface area contributed by atoms with Gasteiger partial charge in [0.25, 0.3) is 0 Å². The molecule has 1 atom stereocenters. The van der Waals surface area contributed by atoms with E-state index in [0.29, 0.717) is 12.5 Å². The van der Waals surface area contributed by atoms with Crippen LogP contribution in [0.4, 0.5) is 0 Å². The lowest BCUT2D eigenvalue weighted by Gasteiger charge is -2.08. The van der Waals surface area contributed by atoms with E-state index in [9.17, 15) is 0 Å². The predicted octanol–water partition coefficient (Wildman–Crippen LogP) is 1.45. The molecule has 0 aliphatic heterocycles. The Morgan fingerprint density at radius 2 is 2.50 bits per heavy atom. The third-order valence-corrected chi connectivity index (χ3v) is 1.25. The molecule has 0 aromatic heterocycles. The zero-order valence-electron chi connectivity index (χ0n) is 6.43. The van der Waals surface area contributed by atoms with E-state index in [4.69, 9.17) is 5.26 Å². The fourth-order valence-electron chi connectivity index (χ4n) is 0.708. The molecule has 0 radical (unpaired) electrons. The molecule has 0 saturated carbocycles. The molecule has 10 heavy (non-hydrogen) atoms. The Bertz CT molecular complexity index is 124. The predicted molar refractivity (Wildman–Crippen MR) is 42.5 cm³/mol. The molecule has 1 unspecified atom stereocenters. The summed E-state index contributed by atoms with van der Waals surface area (Å²) in [6.07, 6.45) is 3.43. The molecule has 1 N–H and O–H groups in total. The zero-order valence-corrected chi connectivity index (χ0v) is 6.43. The fraction of sp³-hybridized carbons (Fsp3) is 0.625. The van der Waals surface area contributed by atoms with E-state index in [0.717, 1.165) is 13.0 Å². The van der Waals surface area contributed by atoms with Gasteiger partial charge in [-0.1, -0.05) is 6.08 Å². The quantitative estimate of drug-likeness (QED) is 0.461. The van der Waals surface area contributed by atoms with Gasteiger partial charge in [-0.05, 0) is 13.3 Å². The molecule has 0 aromatic carbocycles. The summed E-state index contributed by atoms with van der Waals surface area (Å²) in [4.78, 5) is 0. The summed E-state index contributed by atoms with van der Waals surface area (Å²) < 4.78 is 0. The first-order valence-electron chi connectivity index (χ1n) is 3.52. The third-order valence-electron chi connectivity index (χ3n) is 1.25. The Balaban J connectivity index is 3.14. The molecule has 2 heteroatoms. The molecule has 0 saturated heterocycles. The molecule has 0 aliphatic carbocycles. The maximum Gasteiger partial charge on any atom is 0.0635 e. The first kappa shape index (κ1) is 9.19. The van der Waals surface area contributed by atoms with E-state index >= 15 is 0 Å². The van der Waals surface area contributed by atoms with Crippen molar-refractivity contribution in [1.82, 2.24) is 5.32 Å². The van der Waals surface area contributed by atoms with Crippen molar-refractivity contribution in [2.45, 2.75) is 25.8 Å². The second-order valence-electron chi connectivity index (χ2n) is 2.29. The maximum atomic E-state index is 8.20. The molecule has 0 spiro atoms. The molecular formula is C8H14N2. The van der Waals surface area contributed by atoms with Crippen LogP contribution >= 0.6 is 0 Å². The van der Waals surface area contributed by atoms with E-state index in [1.807, 2.05) is 6.08 Å². The highest BCUT2D eigenvalue weighted by molar-refractivity contribution is 4.77. The van der Waals surface area contributed by atoms with E-state index in [1.165, 1.54) is 0 Å². The van der Waals surface area contributed by atoms with Gasteiger partial charge in [0.1, 0.15) is 0 Å². The molecule has 0 aromatic rings. The van der Waals surface area contributed by atoms with E-state index in [1.54, 1.807) is 0 Å². The van der Waals surface area contributed by atoms with Gasteiger partial charge in [-0.2, -0.15) is 5.26 Å². The zero-order chi connectivity index (χ0) is 7.82. The average molecular weight is 138 g/mol. The number of nitriles is 1. The number of hydrogen-bond acceptors (Lipinski definition) is 2. The molecule has 2 nitrogen and oxygen atoms in total. The summed E-state index contributed by atoms with van der Waals surface area (Å²) in [6.45, 7) is 6.49. The van der Waals surface area contributed by atoms with Crippen molar-refractivity contribution in [2.75, 3.05) is 6.54 Å². The van der Waals surface area contributed by atoms with Gasteiger partial charge >= 0.3 is 0 Å². The second-order valence-corrected chi connectivity index (χ2v) is 2.29. The first-order chi connectivity index (χ1) is 4.81. The van der Waals surface area contributed by atoms with E-state index in [2.05, 4.69) is 24.9 Å². The highest BCUT2D eigenvalue weighted by Gasteiger charge is 1.94. The lowest BCUT2D eigenvalue weighted by Crippen LogP contribution is -2.25. The number of rotatable bonds is 5. The van der Waals surface area contributed by atoms with Crippen LogP contribution in [0.2, 0.25) is 0 Å². The van der Waals surface area contributed by atoms with E-state index < -0.39 is 0 Å². The van der Waals surface area contributed by atoms with Crippen LogP contribution < -0.4 is 5.32 Å². The summed E-state index contributed by atoms with van der Waals surface area (Å²) in [5, 5.41) is 11.4. The van der Waals surface area contributed by atoms with Crippen LogP contribution in [0.5, 0.6) is 0 Å². The summed E-state index contributed by atoms with van der Waals surface area (Å²) in [6, 6.07) is 2.53. The Morgan fingerprint density at radius 3 is 3.00 bits per heavy atom. The van der Waals surface area contributed by atoms with Gasteiger partial charge in [-0.15, -0.1) is 6.58 Å². The fourth-order valence-corrected chi connectivity index (χ4v) is 0.708. The molecule has 56 valence electrons. The van der Waals surface area contributed by atoms with Crippen molar-refractivity contribution in [3.8, 4) is 6.07 Å². The van der Waals surface area contributed by atoms with Crippen LogP contribution in [0, 0.1) is 11.3 Å². The summed E-state index contributed by atoms with van der Waals surface area (Å²) in [5.41, 5.74) is 0. The SMILES string of the molecule is C=CCC(C)NCCC#N. The van der Waals surface area contributed by atoms with Gasteiger partial charge in [-0.25, -0.2) is 0 Å². The van der Waals surface area contributed by atoms with Crippen LogP contribution in [0.1, 0.15) is 19.8 Å². The Labute approximate surface area is 62.5 Å². The third kappa shape index (κ3) is 5.33. The Hall–Kier alpha value is -0.810. The van der Waals surface area contributed by atoms with Crippen LogP contribution in [0.15, 0.2) is 12.7 Å². The maximum absolute atomic E-state index is 8.20. The van der Waals surface area contributed by atoms with Crippen molar-refractivity contribution in [2.24, 2.45) is 0 Å². The molecule has 0 heterocycles. The number of nitrogens with zero attached hydrogens (tertiary/aromatic N) is 1. The van der Waals surface area contributed by atoms with Gasteiger partial charge < -0.3 is 5.32 Å². The van der Waals surface area contributed by atoms with Crippen LogP contribution in [-0.2, 0) is 0 Å². The molecule has 0 aliphatic rings. The van der Waals surface area contributed by atoms with Gasteiger partial charge in [0.05, 0.1) is 6.07 Å². The van der Waals surface area contributed by atoms with Crippen molar-refractivity contribution in [3.63, 3.8) is 0 Å². The van der Waals surface area contributed by atoms with Crippen molar-refractivity contribution >= 4 is 0 Å². The number of hydrogen-bond donors (Lipinski definition) is 1. The smallest absolute Gasteiger partial charge is 0.0635 e. The summed E-state index contributed by atoms with van der Waals surface area (Å²) in [7, 11) is 0. The second kappa shape index (κ2) is 6.31. The van der Waals surface area contributed by atoms with Crippen LogP contribution in [-0.4, -0.2) is 12.6 Å². The van der Waals surface area contributed by atoms with Gasteiger partial charge in [0.15, 0.2) is 0 Å². The standard InChI is InChI=1S/C8H14N2/c1-3-5-8(2)10-7-4-6-9/h3,8,10H,1,4-5,7H2,2H3. The normalized spacial score (nSPS) is 12.0. The first-order valence-corrected chi connectivity index (χ1v) is 3.52. The monoisotopic (exact) mass is 138 g/mol. The lowest BCUT2D eigenvalue weighted by molar-refractivity contribution is 0.562. The van der Waals surface area contributed by atoms with Crippen LogP contribution in [0.3, 0.4) is 0 Å². The van der Waals surface area contributed by atoms with Gasteiger partial charge in [0.2, 0.25) is 0 Å². The minimum absolute atomic E-state index is 0.450. The van der Waals surface area contributed by atoms with Gasteiger partial charge in [0, 0.05) is 19.0 Å². The Kier molecular flexibility index (Phi) is 5.80. The highest BCUT2D eigenvalue weighted by Crippen LogP contribution is 1.89. The molecule has 0 fully saturated rings. The average Bonchev–Trinajstić information content (AvgIpc) is 1.89. The minimum atomic E-state index is 0.450. The molecular weight excluding hydrogens is 124 g/mol. The Morgan fingerprint density at radius 1 is 1.80 bits per heavy atom. The summed E-state index contributed by atoms with van der Waals surface area (Å²) >= 11 is 0. The number of nitrogens with one attached hydrogen (secondary N) is 1. The molecule has 0 bridgehead atoms. The lowest BCUT2D eigenvalue weighted by atomic mass is 10.2. The summed E-state index contributed by atoms with van der Waals surface area (Å²) in [5.74, 6) is 0. The van der Waals surface area contributed by atoms with Crippen molar-refractivity contribution in [1.29, 1.82) is 5.26 Å². The van der Waals surface area contributed by atoms with Crippen molar-refractivity contribution < 1.29 is 0 Å². The minimum Gasteiger partial charge on any atom is -0.313 e. The van der Waals surface area contributed by atoms with Crippen molar-refractivity contribution in [3.05, 3.63) is 12.7 Å².